The number of rotatable bonds is 5. The molecular weight excluding hydrogens is 264 g/mol. The second-order valence-electron chi connectivity index (χ2n) is 4.59. The quantitative estimate of drug-likeness (QED) is 0.740. The summed E-state index contributed by atoms with van der Waals surface area (Å²) in [5, 5.41) is 7.58. The Hall–Kier alpha value is -2.73. The topological polar surface area (TPSA) is 81.6 Å². The molecule has 0 fully saturated rings. The molecule has 0 amide bonds. The van der Waals surface area contributed by atoms with Gasteiger partial charge in [-0.3, -0.25) is 0 Å². The number of pyridine rings is 2. The van der Waals surface area contributed by atoms with Gasteiger partial charge in [0.05, 0.1) is 0 Å². The lowest BCUT2D eigenvalue weighted by Gasteiger charge is -2.10. The standard InChI is InChI=1S/C15H16N6/c16-14-12(4-1-6-18-14)10-17-11-13-5-2-7-19-15(13)21-9-3-8-20-21/h1-9,17H,10-11H2,(H2,16,18). The Balaban J connectivity index is 1.70. The van der Waals surface area contributed by atoms with Crippen LogP contribution in [0.1, 0.15) is 11.1 Å². The molecule has 0 aromatic carbocycles. The third-order valence-electron chi connectivity index (χ3n) is 3.15. The van der Waals surface area contributed by atoms with E-state index in [9.17, 15) is 0 Å². The van der Waals surface area contributed by atoms with E-state index in [1.165, 1.54) is 0 Å². The lowest BCUT2D eigenvalue weighted by Crippen LogP contribution is -2.16. The van der Waals surface area contributed by atoms with Gasteiger partial charge in [-0.15, -0.1) is 0 Å². The van der Waals surface area contributed by atoms with Crippen LogP contribution < -0.4 is 11.1 Å². The Morgan fingerprint density at radius 1 is 0.952 bits per heavy atom. The molecule has 0 unspecified atom stereocenters. The SMILES string of the molecule is Nc1ncccc1CNCc1cccnc1-n1cccn1. The largest absolute Gasteiger partial charge is 0.383 e. The Kier molecular flexibility index (Phi) is 3.88. The molecule has 0 aliphatic rings. The molecule has 0 saturated carbocycles. The molecule has 0 radical (unpaired) electrons. The summed E-state index contributed by atoms with van der Waals surface area (Å²) < 4.78 is 1.76. The molecule has 3 aromatic rings. The van der Waals surface area contributed by atoms with Gasteiger partial charge in [-0.05, 0) is 18.2 Å². The van der Waals surface area contributed by atoms with Crippen LogP contribution in [0.5, 0.6) is 0 Å². The van der Waals surface area contributed by atoms with Gasteiger partial charge in [0.25, 0.3) is 0 Å². The van der Waals surface area contributed by atoms with E-state index in [4.69, 9.17) is 5.73 Å². The van der Waals surface area contributed by atoms with Crippen LogP contribution >= 0.6 is 0 Å². The minimum atomic E-state index is 0.559. The van der Waals surface area contributed by atoms with Gasteiger partial charge in [0.2, 0.25) is 0 Å². The van der Waals surface area contributed by atoms with E-state index in [0.29, 0.717) is 18.9 Å². The van der Waals surface area contributed by atoms with Crippen LogP contribution in [0, 0.1) is 0 Å². The Morgan fingerprint density at radius 3 is 2.48 bits per heavy atom. The molecule has 3 N–H and O–H groups in total. The van der Waals surface area contributed by atoms with Crippen molar-refractivity contribution in [2.75, 3.05) is 5.73 Å². The minimum absolute atomic E-state index is 0.559. The van der Waals surface area contributed by atoms with Crippen molar-refractivity contribution in [3.05, 3.63) is 66.2 Å². The average molecular weight is 280 g/mol. The first-order valence-corrected chi connectivity index (χ1v) is 6.68. The van der Waals surface area contributed by atoms with Crippen LogP contribution in [0.2, 0.25) is 0 Å². The minimum Gasteiger partial charge on any atom is -0.383 e. The van der Waals surface area contributed by atoms with Gasteiger partial charge in [0, 0.05) is 49.0 Å². The molecule has 0 saturated heterocycles. The molecule has 0 atom stereocenters. The second-order valence-corrected chi connectivity index (χ2v) is 4.59. The number of hydrogen-bond acceptors (Lipinski definition) is 5. The molecule has 106 valence electrons. The van der Waals surface area contributed by atoms with Crippen LogP contribution in [-0.2, 0) is 13.1 Å². The van der Waals surface area contributed by atoms with Crippen LogP contribution in [0.3, 0.4) is 0 Å². The molecule has 6 nitrogen and oxygen atoms in total. The van der Waals surface area contributed by atoms with Crippen molar-refractivity contribution in [3.63, 3.8) is 0 Å². The molecular formula is C15H16N6. The van der Waals surface area contributed by atoms with Crippen molar-refractivity contribution >= 4 is 5.82 Å². The molecule has 21 heavy (non-hydrogen) atoms. The van der Waals surface area contributed by atoms with Crippen molar-refractivity contribution in [2.24, 2.45) is 0 Å². The van der Waals surface area contributed by atoms with E-state index in [0.717, 1.165) is 16.9 Å². The summed E-state index contributed by atoms with van der Waals surface area (Å²) in [4.78, 5) is 8.46. The van der Waals surface area contributed by atoms with E-state index in [1.54, 1.807) is 23.3 Å². The second kappa shape index (κ2) is 6.15. The fourth-order valence-corrected chi connectivity index (χ4v) is 2.10. The monoisotopic (exact) mass is 280 g/mol. The van der Waals surface area contributed by atoms with Crippen molar-refractivity contribution < 1.29 is 0 Å². The molecule has 0 aliphatic heterocycles. The summed E-state index contributed by atoms with van der Waals surface area (Å²) in [6.07, 6.45) is 7.07. The average Bonchev–Trinajstić information content (AvgIpc) is 3.04. The van der Waals surface area contributed by atoms with Crippen LogP contribution in [-0.4, -0.2) is 19.7 Å². The third kappa shape index (κ3) is 3.06. The highest BCUT2D eigenvalue weighted by Crippen LogP contribution is 2.11. The lowest BCUT2D eigenvalue weighted by molar-refractivity contribution is 0.681. The molecule has 3 aromatic heterocycles. The number of nitrogen functional groups attached to an aromatic ring is 1. The van der Waals surface area contributed by atoms with Crippen molar-refractivity contribution in [3.8, 4) is 5.82 Å². The maximum absolute atomic E-state index is 5.83. The fraction of sp³-hybridized carbons (Fsp3) is 0.133. The summed E-state index contributed by atoms with van der Waals surface area (Å²) in [5.74, 6) is 1.39. The van der Waals surface area contributed by atoms with Gasteiger partial charge in [-0.25, -0.2) is 14.6 Å². The Morgan fingerprint density at radius 2 is 1.71 bits per heavy atom. The van der Waals surface area contributed by atoms with Gasteiger partial charge in [0.15, 0.2) is 5.82 Å². The van der Waals surface area contributed by atoms with Gasteiger partial charge in [-0.2, -0.15) is 5.10 Å². The third-order valence-corrected chi connectivity index (χ3v) is 3.15. The van der Waals surface area contributed by atoms with Gasteiger partial charge in [-0.1, -0.05) is 12.1 Å². The predicted octanol–water partition coefficient (Wildman–Crippen LogP) is 1.53. The summed E-state index contributed by atoms with van der Waals surface area (Å²) in [7, 11) is 0. The zero-order valence-corrected chi connectivity index (χ0v) is 11.5. The molecule has 3 rings (SSSR count). The van der Waals surface area contributed by atoms with Crippen molar-refractivity contribution in [1.82, 2.24) is 25.1 Å². The van der Waals surface area contributed by atoms with E-state index < -0.39 is 0 Å². The fourth-order valence-electron chi connectivity index (χ4n) is 2.10. The smallest absolute Gasteiger partial charge is 0.157 e. The van der Waals surface area contributed by atoms with Crippen molar-refractivity contribution in [1.29, 1.82) is 0 Å². The molecule has 3 heterocycles. The molecule has 0 spiro atoms. The van der Waals surface area contributed by atoms with E-state index in [1.807, 2.05) is 36.5 Å². The Labute approximate surface area is 122 Å². The Bertz CT molecular complexity index is 708. The van der Waals surface area contributed by atoms with Crippen LogP contribution in [0.25, 0.3) is 5.82 Å². The summed E-state index contributed by atoms with van der Waals surface area (Å²) >= 11 is 0. The zero-order valence-electron chi connectivity index (χ0n) is 11.5. The normalized spacial score (nSPS) is 10.7. The van der Waals surface area contributed by atoms with E-state index in [2.05, 4.69) is 20.4 Å². The maximum Gasteiger partial charge on any atom is 0.157 e. The van der Waals surface area contributed by atoms with Crippen LogP contribution in [0.15, 0.2) is 55.1 Å². The van der Waals surface area contributed by atoms with E-state index in [-0.39, 0.29) is 0 Å². The van der Waals surface area contributed by atoms with Crippen molar-refractivity contribution in [2.45, 2.75) is 13.1 Å². The zero-order chi connectivity index (χ0) is 14.5. The van der Waals surface area contributed by atoms with Gasteiger partial charge < -0.3 is 11.1 Å². The number of nitrogens with two attached hydrogens (primary N) is 1. The summed E-state index contributed by atoms with van der Waals surface area (Å²) in [6.45, 7) is 1.34. The lowest BCUT2D eigenvalue weighted by atomic mass is 10.2. The molecule has 0 aliphatic carbocycles. The highest BCUT2D eigenvalue weighted by Gasteiger charge is 2.06. The highest BCUT2D eigenvalue weighted by atomic mass is 15.3. The number of anilines is 1. The van der Waals surface area contributed by atoms with Crippen LogP contribution in [0.4, 0.5) is 5.82 Å². The maximum atomic E-state index is 5.83. The highest BCUT2D eigenvalue weighted by molar-refractivity contribution is 5.38. The predicted molar refractivity (Wildman–Crippen MR) is 80.6 cm³/mol. The number of nitrogens with zero attached hydrogens (tertiary/aromatic N) is 4. The summed E-state index contributed by atoms with van der Waals surface area (Å²) in [6, 6.07) is 9.67. The first kappa shape index (κ1) is 13.3. The molecule has 6 heteroatoms. The van der Waals surface area contributed by atoms with E-state index >= 15 is 0 Å². The first-order chi connectivity index (χ1) is 10.3. The number of aromatic nitrogens is 4. The number of hydrogen-bond donors (Lipinski definition) is 2. The first-order valence-electron chi connectivity index (χ1n) is 6.68. The summed E-state index contributed by atoms with van der Waals surface area (Å²) in [5.41, 5.74) is 7.89. The molecule has 0 bridgehead atoms. The number of nitrogens with one attached hydrogen (secondary N) is 1. The van der Waals surface area contributed by atoms with Gasteiger partial charge in [0.1, 0.15) is 5.82 Å². The van der Waals surface area contributed by atoms with Gasteiger partial charge >= 0.3 is 0 Å².